The van der Waals surface area contributed by atoms with Crippen LogP contribution in [0.1, 0.15) is 45.1 Å². The maximum atomic E-state index is 5.59. The lowest BCUT2D eigenvalue weighted by Crippen LogP contribution is -2.32. The van der Waals surface area contributed by atoms with Gasteiger partial charge in [-0.3, -0.25) is 0 Å². The van der Waals surface area contributed by atoms with Gasteiger partial charge in [-0.2, -0.15) is 0 Å². The number of thiocarbonyl (C=S) groups is 1. The van der Waals surface area contributed by atoms with E-state index in [1.165, 1.54) is 31.2 Å². The molecule has 0 heterocycles. The molecule has 1 aromatic carbocycles. The van der Waals surface area contributed by atoms with E-state index < -0.39 is 0 Å². The summed E-state index contributed by atoms with van der Waals surface area (Å²) < 4.78 is 0. The fourth-order valence-corrected chi connectivity index (χ4v) is 2.09. The summed E-state index contributed by atoms with van der Waals surface area (Å²) in [6.45, 7) is 6.63. The van der Waals surface area contributed by atoms with Crippen molar-refractivity contribution in [2.24, 2.45) is 0 Å². The van der Waals surface area contributed by atoms with E-state index in [0.717, 1.165) is 18.1 Å². The number of rotatable bonds is 7. The van der Waals surface area contributed by atoms with Crippen LogP contribution in [0.2, 0.25) is 0 Å². The normalized spacial score (nSPS) is 10.2. The molecule has 0 aromatic heterocycles. The van der Waals surface area contributed by atoms with Crippen LogP contribution in [0.5, 0.6) is 0 Å². The largest absolute Gasteiger partial charge is 0.362 e. The molecule has 1 aromatic rings. The first-order chi connectivity index (χ1) is 8.29. The predicted molar refractivity (Wildman–Crippen MR) is 79.5 cm³/mol. The van der Waals surface area contributed by atoms with Crippen molar-refractivity contribution >= 4 is 17.2 Å². The van der Waals surface area contributed by atoms with E-state index in [1.807, 2.05) is 6.07 Å². The van der Waals surface area contributed by atoms with Crippen LogP contribution in [0.3, 0.4) is 0 Å². The number of nitrogens with zero attached hydrogens (tertiary/aromatic N) is 1. The summed E-state index contributed by atoms with van der Waals surface area (Å²) in [4.78, 5) is 3.37. The van der Waals surface area contributed by atoms with Crippen LogP contribution < -0.4 is 0 Å². The van der Waals surface area contributed by atoms with Gasteiger partial charge in [-0.05, 0) is 12.8 Å². The molecule has 0 radical (unpaired) electrons. The Morgan fingerprint density at radius 1 is 1.00 bits per heavy atom. The van der Waals surface area contributed by atoms with Crippen molar-refractivity contribution < 1.29 is 0 Å². The maximum Gasteiger partial charge on any atom is 0.109 e. The molecule has 0 aliphatic rings. The Hall–Kier alpha value is -0.890. The van der Waals surface area contributed by atoms with Crippen molar-refractivity contribution in [3.8, 4) is 0 Å². The van der Waals surface area contributed by atoms with E-state index in [2.05, 4.69) is 43.0 Å². The van der Waals surface area contributed by atoms with Gasteiger partial charge < -0.3 is 4.90 Å². The Labute approximate surface area is 111 Å². The summed E-state index contributed by atoms with van der Waals surface area (Å²) in [5.74, 6) is 0. The fourth-order valence-electron chi connectivity index (χ4n) is 1.78. The third kappa shape index (κ3) is 4.86. The van der Waals surface area contributed by atoms with Crippen LogP contribution in [0.25, 0.3) is 0 Å². The SMILES string of the molecule is CCCCN(CCCC)C(=S)c1ccccc1. The third-order valence-electron chi connectivity index (χ3n) is 2.87. The lowest BCUT2D eigenvalue weighted by atomic mass is 10.2. The molecule has 0 aliphatic carbocycles. The van der Waals surface area contributed by atoms with E-state index in [-0.39, 0.29) is 0 Å². The van der Waals surface area contributed by atoms with Gasteiger partial charge in [0.15, 0.2) is 0 Å². The Kier molecular flexibility index (Phi) is 6.87. The first kappa shape index (κ1) is 14.2. The summed E-state index contributed by atoms with van der Waals surface area (Å²) in [5, 5.41) is 0. The highest BCUT2D eigenvalue weighted by Crippen LogP contribution is 2.09. The highest BCUT2D eigenvalue weighted by atomic mass is 32.1. The highest BCUT2D eigenvalue weighted by Gasteiger charge is 2.09. The molecule has 0 atom stereocenters. The smallest absolute Gasteiger partial charge is 0.109 e. The van der Waals surface area contributed by atoms with Gasteiger partial charge in [-0.15, -0.1) is 0 Å². The van der Waals surface area contributed by atoms with E-state index >= 15 is 0 Å². The van der Waals surface area contributed by atoms with Gasteiger partial charge in [0.1, 0.15) is 4.99 Å². The highest BCUT2D eigenvalue weighted by molar-refractivity contribution is 7.80. The van der Waals surface area contributed by atoms with Crippen molar-refractivity contribution in [1.29, 1.82) is 0 Å². The van der Waals surface area contributed by atoms with Gasteiger partial charge in [0.2, 0.25) is 0 Å². The molecule has 0 amide bonds. The molecule has 1 nitrogen and oxygen atoms in total. The van der Waals surface area contributed by atoms with Gasteiger partial charge in [0.25, 0.3) is 0 Å². The average Bonchev–Trinajstić information content (AvgIpc) is 2.39. The van der Waals surface area contributed by atoms with Crippen LogP contribution in [0.4, 0.5) is 0 Å². The van der Waals surface area contributed by atoms with Crippen LogP contribution in [0, 0.1) is 0 Å². The second-order valence-corrected chi connectivity index (χ2v) is 4.75. The van der Waals surface area contributed by atoms with Crippen molar-refractivity contribution in [1.82, 2.24) is 4.90 Å². The Balaban J connectivity index is 2.64. The zero-order chi connectivity index (χ0) is 12.5. The number of unbranched alkanes of at least 4 members (excludes halogenated alkanes) is 2. The zero-order valence-electron chi connectivity index (χ0n) is 11.0. The van der Waals surface area contributed by atoms with Crippen LogP contribution in [-0.2, 0) is 0 Å². The molecule has 0 spiro atoms. The molecule has 0 saturated carbocycles. The van der Waals surface area contributed by atoms with Crippen LogP contribution in [0.15, 0.2) is 30.3 Å². The standard InChI is InChI=1S/C15H23NS/c1-3-5-12-16(13-6-4-2)15(17)14-10-8-7-9-11-14/h7-11H,3-6,12-13H2,1-2H3. The van der Waals surface area contributed by atoms with Crippen molar-refractivity contribution in [3.05, 3.63) is 35.9 Å². The molecule has 0 N–H and O–H groups in total. The predicted octanol–water partition coefficient (Wildman–Crippen LogP) is 4.26. The first-order valence-electron chi connectivity index (χ1n) is 6.64. The minimum absolute atomic E-state index is 1.01. The average molecular weight is 249 g/mol. The fraction of sp³-hybridized carbons (Fsp3) is 0.533. The van der Waals surface area contributed by atoms with E-state index in [4.69, 9.17) is 12.2 Å². The summed E-state index contributed by atoms with van der Waals surface area (Å²) in [5.41, 5.74) is 1.18. The summed E-state index contributed by atoms with van der Waals surface area (Å²) in [7, 11) is 0. The number of hydrogen-bond acceptors (Lipinski definition) is 1. The molecule has 1 rings (SSSR count). The summed E-state index contributed by atoms with van der Waals surface area (Å²) in [6, 6.07) is 10.4. The molecular weight excluding hydrogens is 226 g/mol. The van der Waals surface area contributed by atoms with E-state index in [9.17, 15) is 0 Å². The number of hydrogen-bond donors (Lipinski definition) is 0. The summed E-state index contributed by atoms with van der Waals surface area (Å²) >= 11 is 5.59. The Bertz CT molecular complexity index is 313. The van der Waals surface area contributed by atoms with Gasteiger partial charge in [-0.25, -0.2) is 0 Å². The van der Waals surface area contributed by atoms with Crippen LogP contribution in [-0.4, -0.2) is 23.0 Å². The van der Waals surface area contributed by atoms with Gasteiger partial charge in [0, 0.05) is 18.7 Å². The van der Waals surface area contributed by atoms with Gasteiger partial charge in [-0.1, -0.05) is 69.2 Å². The molecule has 0 saturated heterocycles. The molecule has 0 fully saturated rings. The van der Waals surface area contributed by atoms with E-state index in [0.29, 0.717) is 0 Å². The summed E-state index contributed by atoms with van der Waals surface area (Å²) in [6.07, 6.45) is 4.88. The second kappa shape index (κ2) is 8.24. The monoisotopic (exact) mass is 249 g/mol. The zero-order valence-corrected chi connectivity index (χ0v) is 11.8. The van der Waals surface area contributed by atoms with Gasteiger partial charge >= 0.3 is 0 Å². The number of benzene rings is 1. The van der Waals surface area contributed by atoms with Crippen LogP contribution >= 0.6 is 12.2 Å². The third-order valence-corrected chi connectivity index (χ3v) is 3.37. The van der Waals surface area contributed by atoms with Crippen molar-refractivity contribution in [3.63, 3.8) is 0 Å². The molecule has 0 aliphatic heterocycles. The Morgan fingerprint density at radius 2 is 1.53 bits per heavy atom. The second-order valence-electron chi connectivity index (χ2n) is 4.37. The molecule has 0 bridgehead atoms. The minimum Gasteiger partial charge on any atom is -0.362 e. The quantitative estimate of drug-likeness (QED) is 0.664. The lowest BCUT2D eigenvalue weighted by Gasteiger charge is -2.25. The van der Waals surface area contributed by atoms with E-state index in [1.54, 1.807) is 0 Å². The molecule has 17 heavy (non-hydrogen) atoms. The van der Waals surface area contributed by atoms with Crippen molar-refractivity contribution in [2.45, 2.75) is 39.5 Å². The molecule has 94 valence electrons. The lowest BCUT2D eigenvalue weighted by molar-refractivity contribution is 0.405. The molecular formula is C15H23NS. The van der Waals surface area contributed by atoms with Crippen molar-refractivity contribution in [2.75, 3.05) is 13.1 Å². The topological polar surface area (TPSA) is 3.24 Å². The first-order valence-corrected chi connectivity index (χ1v) is 7.04. The minimum atomic E-state index is 1.01. The molecule has 0 unspecified atom stereocenters. The molecule has 2 heteroatoms. The maximum absolute atomic E-state index is 5.59. The Morgan fingerprint density at radius 3 is 2.00 bits per heavy atom. The van der Waals surface area contributed by atoms with Gasteiger partial charge in [0.05, 0.1) is 0 Å².